The molecule has 1 fully saturated rings. The predicted octanol–water partition coefficient (Wildman–Crippen LogP) is 2.57. The smallest absolute Gasteiger partial charge is 0.307 e. The summed E-state index contributed by atoms with van der Waals surface area (Å²) in [6.07, 6.45) is 4.69. The minimum absolute atomic E-state index is 0.133. The van der Waals surface area contributed by atoms with Crippen molar-refractivity contribution in [1.29, 1.82) is 0 Å². The Labute approximate surface area is 161 Å². The normalized spacial score (nSPS) is 19.7. The fraction of sp³-hybridized carbons (Fsp3) is 0.619. The van der Waals surface area contributed by atoms with Gasteiger partial charge in [-0.25, -0.2) is 0 Å². The molecule has 1 aromatic carbocycles. The molecule has 0 saturated heterocycles. The van der Waals surface area contributed by atoms with Crippen LogP contribution in [0.2, 0.25) is 0 Å². The molecule has 2 N–H and O–H groups in total. The number of hydrogen-bond acceptors (Lipinski definition) is 4. The maximum absolute atomic E-state index is 12.5. The highest BCUT2D eigenvalue weighted by Gasteiger charge is 2.35. The summed E-state index contributed by atoms with van der Waals surface area (Å²) in [4.78, 5) is 26.0. The van der Waals surface area contributed by atoms with Gasteiger partial charge in [-0.05, 0) is 51.4 Å². The van der Waals surface area contributed by atoms with Gasteiger partial charge in [0.25, 0.3) is 0 Å². The Balaban J connectivity index is 1.82. The second kappa shape index (κ2) is 10.9. The first-order chi connectivity index (χ1) is 13.0. The summed E-state index contributed by atoms with van der Waals surface area (Å²) in [5, 5.41) is 12.3. The third-order valence-electron chi connectivity index (χ3n) is 5.09. The van der Waals surface area contributed by atoms with Crippen LogP contribution in [0.4, 0.5) is 0 Å². The lowest BCUT2D eigenvalue weighted by molar-refractivity contribution is -0.148. The number of carbonyl (C=O) groups excluding carboxylic acids is 1. The third-order valence-corrected chi connectivity index (χ3v) is 5.09. The van der Waals surface area contributed by atoms with Gasteiger partial charge in [0, 0.05) is 13.1 Å². The minimum atomic E-state index is -0.855. The number of hydrogen-bond donors (Lipinski definition) is 2. The van der Waals surface area contributed by atoms with Crippen LogP contribution in [0.5, 0.6) is 5.75 Å². The highest BCUT2D eigenvalue weighted by atomic mass is 16.5. The molecule has 2 unspecified atom stereocenters. The van der Waals surface area contributed by atoms with E-state index >= 15 is 0 Å². The maximum Gasteiger partial charge on any atom is 0.307 e. The Morgan fingerprint density at radius 3 is 2.59 bits per heavy atom. The summed E-state index contributed by atoms with van der Waals surface area (Å²) in [5.74, 6) is -1.09. The number of rotatable bonds is 10. The molecule has 0 aliphatic heterocycles. The van der Waals surface area contributed by atoms with Crippen LogP contribution in [0, 0.1) is 11.8 Å². The van der Waals surface area contributed by atoms with E-state index in [1.807, 2.05) is 38.4 Å². The van der Waals surface area contributed by atoms with Gasteiger partial charge in [0.1, 0.15) is 5.75 Å². The van der Waals surface area contributed by atoms with E-state index < -0.39 is 17.8 Å². The molecule has 0 bridgehead atoms. The van der Waals surface area contributed by atoms with Crippen molar-refractivity contribution < 1.29 is 19.4 Å². The number of carboxylic acids is 1. The molecule has 0 heterocycles. The molecule has 27 heavy (non-hydrogen) atoms. The molecule has 1 aromatic rings. The summed E-state index contributed by atoms with van der Waals surface area (Å²) < 4.78 is 5.89. The lowest BCUT2D eigenvalue weighted by atomic mass is 9.78. The van der Waals surface area contributed by atoms with Gasteiger partial charge < -0.3 is 20.1 Å². The molecule has 6 heteroatoms. The first-order valence-corrected chi connectivity index (χ1v) is 9.85. The molecule has 0 aromatic heterocycles. The van der Waals surface area contributed by atoms with Crippen molar-refractivity contribution in [2.24, 2.45) is 11.8 Å². The van der Waals surface area contributed by atoms with E-state index in [-0.39, 0.29) is 5.91 Å². The molecule has 1 aliphatic rings. The zero-order chi connectivity index (χ0) is 19.6. The molecule has 0 radical (unpaired) electrons. The first kappa shape index (κ1) is 21.2. The number of aliphatic carboxylic acids is 1. The average molecular weight is 376 g/mol. The molecule has 6 nitrogen and oxygen atoms in total. The van der Waals surface area contributed by atoms with E-state index in [2.05, 4.69) is 10.2 Å². The predicted molar refractivity (Wildman–Crippen MR) is 105 cm³/mol. The van der Waals surface area contributed by atoms with E-state index in [0.717, 1.165) is 37.1 Å². The van der Waals surface area contributed by atoms with Crippen LogP contribution in [-0.4, -0.2) is 55.7 Å². The van der Waals surface area contributed by atoms with E-state index in [1.54, 1.807) is 0 Å². The highest BCUT2D eigenvalue weighted by molar-refractivity contribution is 5.84. The molecular weight excluding hydrogens is 344 g/mol. The Morgan fingerprint density at radius 1 is 1.19 bits per heavy atom. The van der Waals surface area contributed by atoms with Crippen molar-refractivity contribution in [3.8, 4) is 5.75 Å². The fourth-order valence-electron chi connectivity index (χ4n) is 3.61. The summed E-state index contributed by atoms with van der Waals surface area (Å²) in [6.45, 7) is 2.12. The monoisotopic (exact) mass is 376 g/mol. The Morgan fingerprint density at radius 2 is 1.89 bits per heavy atom. The van der Waals surface area contributed by atoms with Gasteiger partial charge in [0.2, 0.25) is 5.91 Å². The number of nitrogens with zero attached hydrogens (tertiary/aromatic N) is 1. The first-order valence-electron chi connectivity index (χ1n) is 9.85. The fourth-order valence-corrected chi connectivity index (χ4v) is 3.61. The van der Waals surface area contributed by atoms with Gasteiger partial charge in [-0.3, -0.25) is 9.59 Å². The second-order valence-electron chi connectivity index (χ2n) is 7.49. The minimum Gasteiger partial charge on any atom is -0.493 e. The summed E-state index contributed by atoms with van der Waals surface area (Å²) in [7, 11) is 4.08. The van der Waals surface area contributed by atoms with Crippen molar-refractivity contribution in [2.45, 2.75) is 38.5 Å². The topological polar surface area (TPSA) is 78.9 Å². The van der Waals surface area contributed by atoms with E-state index in [9.17, 15) is 14.7 Å². The van der Waals surface area contributed by atoms with Gasteiger partial charge in [-0.1, -0.05) is 31.0 Å². The molecule has 150 valence electrons. The van der Waals surface area contributed by atoms with Crippen LogP contribution < -0.4 is 10.1 Å². The number of ether oxygens (including phenoxy) is 1. The van der Waals surface area contributed by atoms with Crippen LogP contribution in [0.1, 0.15) is 37.7 Å². The molecule has 1 aliphatic carbocycles. The van der Waals surface area contributed by atoms with Gasteiger partial charge >= 0.3 is 5.97 Å². The quantitative estimate of drug-likeness (QED) is 0.614. The zero-order valence-electron chi connectivity index (χ0n) is 16.4. The van der Waals surface area contributed by atoms with Gasteiger partial charge in [-0.2, -0.15) is 0 Å². The lowest BCUT2D eigenvalue weighted by Crippen LogP contribution is -2.40. The molecule has 1 amide bonds. The Bertz CT molecular complexity index is 618. The maximum atomic E-state index is 12.5. The SMILES string of the molecule is CN(C)CCCOc1ccccc1CCNC(=O)C1CCCCC1C(=O)O. The third kappa shape index (κ3) is 6.86. The summed E-state index contributed by atoms with van der Waals surface area (Å²) in [6, 6.07) is 7.87. The average Bonchev–Trinajstić information content (AvgIpc) is 2.66. The number of amides is 1. The van der Waals surface area contributed by atoms with E-state index in [4.69, 9.17) is 4.74 Å². The number of para-hydroxylation sites is 1. The van der Waals surface area contributed by atoms with Gasteiger partial charge in [-0.15, -0.1) is 0 Å². The molecule has 0 spiro atoms. The Kier molecular flexibility index (Phi) is 8.58. The summed E-state index contributed by atoms with van der Waals surface area (Å²) in [5.41, 5.74) is 1.06. The highest BCUT2D eigenvalue weighted by Crippen LogP contribution is 2.30. The van der Waals surface area contributed by atoms with E-state index in [1.165, 1.54) is 0 Å². The van der Waals surface area contributed by atoms with Crippen LogP contribution in [0.3, 0.4) is 0 Å². The van der Waals surface area contributed by atoms with Crippen LogP contribution in [-0.2, 0) is 16.0 Å². The molecule has 2 atom stereocenters. The van der Waals surface area contributed by atoms with Crippen molar-refractivity contribution in [1.82, 2.24) is 10.2 Å². The largest absolute Gasteiger partial charge is 0.493 e. The lowest BCUT2D eigenvalue weighted by Gasteiger charge is -2.27. The zero-order valence-corrected chi connectivity index (χ0v) is 16.4. The molecular formula is C21H32N2O4. The van der Waals surface area contributed by atoms with Crippen LogP contribution in [0.25, 0.3) is 0 Å². The van der Waals surface area contributed by atoms with Crippen LogP contribution in [0.15, 0.2) is 24.3 Å². The van der Waals surface area contributed by atoms with E-state index in [0.29, 0.717) is 32.4 Å². The van der Waals surface area contributed by atoms with Gasteiger partial charge in [0.05, 0.1) is 18.4 Å². The van der Waals surface area contributed by atoms with Crippen molar-refractivity contribution in [3.63, 3.8) is 0 Å². The Hall–Kier alpha value is -2.08. The van der Waals surface area contributed by atoms with Gasteiger partial charge in [0.15, 0.2) is 0 Å². The standard InChI is InChI=1S/C21H32N2O4/c1-23(2)14-7-15-27-19-11-6-3-8-16(19)12-13-22-20(24)17-9-4-5-10-18(17)21(25)26/h3,6,8,11,17-18H,4-5,7,9-10,12-15H2,1-2H3,(H,22,24)(H,25,26). The number of carboxylic acid groups (broad SMARTS) is 1. The number of carbonyl (C=O) groups is 2. The second-order valence-corrected chi connectivity index (χ2v) is 7.49. The molecule has 2 rings (SSSR count). The summed E-state index contributed by atoms with van der Waals surface area (Å²) >= 11 is 0. The van der Waals surface area contributed by atoms with Crippen molar-refractivity contribution >= 4 is 11.9 Å². The van der Waals surface area contributed by atoms with Crippen LogP contribution >= 0.6 is 0 Å². The molecule has 1 saturated carbocycles. The number of benzene rings is 1. The van der Waals surface area contributed by atoms with Crippen molar-refractivity contribution in [3.05, 3.63) is 29.8 Å². The number of nitrogens with one attached hydrogen (secondary N) is 1. The van der Waals surface area contributed by atoms with Crippen molar-refractivity contribution in [2.75, 3.05) is 33.8 Å².